The number of nitrogens with zero attached hydrogens (tertiary/aromatic N) is 1. The van der Waals surface area contributed by atoms with Crippen molar-refractivity contribution < 1.29 is 0 Å². The average Bonchev–Trinajstić information content (AvgIpc) is 3.31. The first-order valence-corrected chi connectivity index (χ1v) is 9.26. The summed E-state index contributed by atoms with van der Waals surface area (Å²) in [6, 6.07) is 20.2. The van der Waals surface area contributed by atoms with E-state index in [4.69, 9.17) is 0 Å². The second-order valence-corrected chi connectivity index (χ2v) is 7.12. The van der Waals surface area contributed by atoms with Crippen molar-refractivity contribution in [2.45, 2.75) is 6.54 Å². The lowest BCUT2D eigenvalue weighted by molar-refractivity contribution is 0.927. The smallest absolute Gasteiger partial charge is 0.257 e. The lowest BCUT2D eigenvalue weighted by atomic mass is 10.1. The monoisotopic (exact) mass is 368 g/mol. The van der Waals surface area contributed by atoms with Crippen molar-refractivity contribution in [1.82, 2.24) is 14.5 Å². The molecule has 0 bridgehead atoms. The number of aromatic amines is 2. The molecule has 0 saturated heterocycles. The Morgan fingerprint density at radius 3 is 2.64 bits per heavy atom. The molecule has 2 aromatic carbocycles. The molecule has 5 nitrogen and oxygen atoms in total. The van der Waals surface area contributed by atoms with Gasteiger partial charge < -0.3 is 19.9 Å². The summed E-state index contributed by atoms with van der Waals surface area (Å²) < 4.78 is 2.02. The van der Waals surface area contributed by atoms with Crippen LogP contribution in [0.5, 0.6) is 0 Å². The minimum Gasteiger partial charge on any atom is -0.380 e. The molecule has 0 saturated carbocycles. The van der Waals surface area contributed by atoms with E-state index < -0.39 is 0 Å². The molecule has 0 aliphatic heterocycles. The summed E-state index contributed by atoms with van der Waals surface area (Å²) in [6.45, 7) is 0.747. The summed E-state index contributed by atoms with van der Waals surface area (Å²) in [7, 11) is 2.01. The fraction of sp³-hybridized carbons (Fsp3) is 0.0870. The highest BCUT2D eigenvalue weighted by atomic mass is 16.1. The van der Waals surface area contributed by atoms with Crippen LogP contribution in [0.1, 0.15) is 5.56 Å². The zero-order valence-electron chi connectivity index (χ0n) is 15.5. The van der Waals surface area contributed by atoms with Gasteiger partial charge in [-0.3, -0.25) is 4.79 Å². The van der Waals surface area contributed by atoms with E-state index >= 15 is 0 Å². The number of benzene rings is 2. The normalized spacial score (nSPS) is 11.3. The molecule has 28 heavy (non-hydrogen) atoms. The van der Waals surface area contributed by atoms with E-state index in [-0.39, 0.29) is 5.56 Å². The first kappa shape index (κ1) is 16.4. The van der Waals surface area contributed by atoms with Crippen LogP contribution in [0.4, 0.5) is 5.69 Å². The molecule has 3 N–H and O–H groups in total. The Morgan fingerprint density at radius 2 is 1.79 bits per heavy atom. The third kappa shape index (κ3) is 2.97. The van der Waals surface area contributed by atoms with E-state index in [2.05, 4.69) is 45.7 Å². The van der Waals surface area contributed by atoms with Crippen LogP contribution in [0.2, 0.25) is 0 Å². The first-order chi connectivity index (χ1) is 13.7. The fourth-order valence-corrected chi connectivity index (χ4v) is 3.60. The molecular weight excluding hydrogens is 348 g/mol. The van der Waals surface area contributed by atoms with Gasteiger partial charge in [-0.25, -0.2) is 0 Å². The molecule has 3 heterocycles. The largest absolute Gasteiger partial charge is 0.380 e. The van der Waals surface area contributed by atoms with E-state index in [1.807, 2.05) is 54.2 Å². The molecule has 5 heteroatoms. The van der Waals surface area contributed by atoms with Crippen molar-refractivity contribution in [1.29, 1.82) is 0 Å². The van der Waals surface area contributed by atoms with Crippen LogP contribution in [0.15, 0.2) is 77.9 Å². The Morgan fingerprint density at radius 1 is 0.929 bits per heavy atom. The summed E-state index contributed by atoms with van der Waals surface area (Å²) in [5, 5.41) is 5.54. The van der Waals surface area contributed by atoms with Crippen molar-refractivity contribution in [3.8, 4) is 11.3 Å². The molecule has 0 atom stereocenters. The standard InChI is InChI=1S/C23H20N4O/c1-27-9-8-18(14-27)24-13-15-6-7-21-17(10-15)12-22(25-21)19-11-16-4-2-3-5-20(16)26-23(19)28/h2-12,14,24-25H,13H2,1H3,(H,26,28). The maximum atomic E-state index is 12.6. The Bertz CT molecular complexity index is 1360. The van der Waals surface area contributed by atoms with Crippen LogP contribution in [0, 0.1) is 0 Å². The number of nitrogens with one attached hydrogen (secondary N) is 3. The van der Waals surface area contributed by atoms with E-state index in [1.165, 1.54) is 5.56 Å². The second kappa shape index (κ2) is 6.46. The minimum absolute atomic E-state index is 0.0868. The predicted molar refractivity (Wildman–Crippen MR) is 115 cm³/mol. The number of rotatable bonds is 4. The lowest BCUT2D eigenvalue weighted by Gasteiger charge is -2.04. The first-order valence-electron chi connectivity index (χ1n) is 9.26. The van der Waals surface area contributed by atoms with Gasteiger partial charge in [-0.05, 0) is 47.3 Å². The number of anilines is 1. The van der Waals surface area contributed by atoms with Crippen LogP contribution in [-0.4, -0.2) is 14.5 Å². The van der Waals surface area contributed by atoms with Gasteiger partial charge in [0.05, 0.1) is 16.9 Å². The van der Waals surface area contributed by atoms with Gasteiger partial charge in [0.15, 0.2) is 0 Å². The number of aryl methyl sites for hydroxylation is 1. The van der Waals surface area contributed by atoms with Gasteiger partial charge in [-0.15, -0.1) is 0 Å². The summed E-state index contributed by atoms with van der Waals surface area (Å²) in [5.41, 5.74) is 5.55. The Balaban J connectivity index is 1.48. The number of aromatic nitrogens is 3. The lowest BCUT2D eigenvalue weighted by Crippen LogP contribution is -2.08. The maximum Gasteiger partial charge on any atom is 0.257 e. The number of hydrogen-bond acceptors (Lipinski definition) is 2. The van der Waals surface area contributed by atoms with E-state index in [0.717, 1.165) is 39.7 Å². The number of hydrogen-bond donors (Lipinski definition) is 3. The molecule has 5 rings (SSSR count). The molecule has 138 valence electrons. The third-order valence-corrected chi connectivity index (χ3v) is 5.06. The summed E-state index contributed by atoms with van der Waals surface area (Å²) in [6.07, 6.45) is 4.07. The van der Waals surface area contributed by atoms with Gasteiger partial charge in [0.1, 0.15) is 0 Å². The van der Waals surface area contributed by atoms with Crippen molar-refractivity contribution in [3.05, 3.63) is 89.0 Å². The van der Waals surface area contributed by atoms with Crippen LogP contribution >= 0.6 is 0 Å². The number of pyridine rings is 1. The van der Waals surface area contributed by atoms with Gasteiger partial charge in [-0.2, -0.15) is 0 Å². The number of para-hydroxylation sites is 1. The number of H-pyrrole nitrogens is 2. The summed E-state index contributed by atoms with van der Waals surface area (Å²) in [5.74, 6) is 0. The molecule has 0 aliphatic carbocycles. The van der Waals surface area contributed by atoms with Gasteiger partial charge >= 0.3 is 0 Å². The fourth-order valence-electron chi connectivity index (χ4n) is 3.60. The van der Waals surface area contributed by atoms with Crippen LogP contribution in [0.25, 0.3) is 33.1 Å². The van der Waals surface area contributed by atoms with Crippen LogP contribution < -0.4 is 10.9 Å². The van der Waals surface area contributed by atoms with Gasteiger partial charge in [0.2, 0.25) is 0 Å². The van der Waals surface area contributed by atoms with E-state index in [9.17, 15) is 4.79 Å². The summed E-state index contributed by atoms with van der Waals surface area (Å²) in [4.78, 5) is 18.9. The van der Waals surface area contributed by atoms with Gasteiger partial charge in [0.25, 0.3) is 5.56 Å². The molecule has 5 aromatic rings. The van der Waals surface area contributed by atoms with Crippen LogP contribution in [-0.2, 0) is 13.6 Å². The Hall–Kier alpha value is -3.73. The molecule has 0 spiro atoms. The third-order valence-electron chi connectivity index (χ3n) is 5.06. The zero-order chi connectivity index (χ0) is 19.1. The average molecular weight is 368 g/mol. The highest BCUT2D eigenvalue weighted by Crippen LogP contribution is 2.25. The molecule has 0 fully saturated rings. The zero-order valence-corrected chi connectivity index (χ0v) is 15.5. The Labute approximate surface area is 161 Å². The van der Waals surface area contributed by atoms with Crippen molar-refractivity contribution in [3.63, 3.8) is 0 Å². The molecule has 0 radical (unpaired) electrons. The SMILES string of the molecule is Cn1ccc(NCc2ccc3[nH]c(-c4cc5ccccc5[nH]c4=O)cc3c2)c1. The highest BCUT2D eigenvalue weighted by molar-refractivity contribution is 5.89. The summed E-state index contributed by atoms with van der Waals surface area (Å²) >= 11 is 0. The Kier molecular flexibility index (Phi) is 3.79. The van der Waals surface area contributed by atoms with E-state index in [0.29, 0.717) is 5.56 Å². The second-order valence-electron chi connectivity index (χ2n) is 7.12. The maximum absolute atomic E-state index is 12.6. The van der Waals surface area contributed by atoms with Crippen LogP contribution in [0.3, 0.4) is 0 Å². The van der Waals surface area contributed by atoms with E-state index in [1.54, 1.807) is 0 Å². The van der Waals surface area contributed by atoms with Crippen molar-refractivity contribution >= 4 is 27.5 Å². The van der Waals surface area contributed by atoms with Crippen molar-refractivity contribution in [2.75, 3.05) is 5.32 Å². The predicted octanol–water partition coefficient (Wildman–Crippen LogP) is 4.63. The van der Waals surface area contributed by atoms with Gasteiger partial charge in [0, 0.05) is 42.4 Å². The molecule has 3 aromatic heterocycles. The number of fused-ring (bicyclic) bond motifs is 2. The molecule has 0 unspecified atom stereocenters. The highest BCUT2D eigenvalue weighted by Gasteiger charge is 2.09. The minimum atomic E-state index is -0.0868. The van der Waals surface area contributed by atoms with Gasteiger partial charge in [-0.1, -0.05) is 24.3 Å². The molecule has 0 amide bonds. The molecule has 0 aliphatic rings. The van der Waals surface area contributed by atoms with Crippen molar-refractivity contribution in [2.24, 2.45) is 7.05 Å². The molecular formula is C23H20N4O. The quantitative estimate of drug-likeness (QED) is 0.433. The topological polar surface area (TPSA) is 65.6 Å².